The number of anilines is 1. The number of nitrogens with one attached hydrogen (secondary N) is 2. The Morgan fingerprint density at radius 3 is 2.94 bits per heavy atom. The Bertz CT molecular complexity index is 496. The molecule has 2 rings (SSSR count). The molecule has 2 aromatic rings. The first-order chi connectivity index (χ1) is 7.66. The molecule has 0 saturated carbocycles. The van der Waals surface area contributed by atoms with E-state index in [2.05, 4.69) is 31.2 Å². The summed E-state index contributed by atoms with van der Waals surface area (Å²) < 4.78 is 13.6. The minimum Gasteiger partial charge on any atom is -0.378 e. The molecule has 0 fully saturated rings. The normalized spacial score (nSPS) is 10.4. The van der Waals surface area contributed by atoms with Crippen molar-refractivity contribution in [3.05, 3.63) is 46.2 Å². The summed E-state index contributed by atoms with van der Waals surface area (Å²) in [6.45, 7) is 2.57. The molecular formula is C11H11BrFN3. The number of aryl methyl sites for hydroxylation is 1. The molecule has 0 bridgehead atoms. The van der Waals surface area contributed by atoms with Gasteiger partial charge in [-0.05, 0) is 41.1 Å². The van der Waals surface area contributed by atoms with Crippen molar-refractivity contribution in [1.82, 2.24) is 9.97 Å². The van der Waals surface area contributed by atoms with E-state index < -0.39 is 0 Å². The van der Waals surface area contributed by atoms with Crippen LogP contribution in [0.3, 0.4) is 0 Å². The fraction of sp³-hybridized carbons (Fsp3) is 0.182. The van der Waals surface area contributed by atoms with Crippen LogP contribution >= 0.6 is 15.9 Å². The number of aromatic amines is 1. The molecule has 0 atom stereocenters. The summed E-state index contributed by atoms with van der Waals surface area (Å²) in [5, 5.41) is 3.19. The number of halogens is 2. The van der Waals surface area contributed by atoms with Crippen molar-refractivity contribution in [3.63, 3.8) is 0 Å². The van der Waals surface area contributed by atoms with Gasteiger partial charge in [-0.2, -0.15) is 0 Å². The van der Waals surface area contributed by atoms with Gasteiger partial charge in [0.1, 0.15) is 5.82 Å². The molecule has 0 aliphatic heterocycles. The summed E-state index contributed by atoms with van der Waals surface area (Å²) in [4.78, 5) is 7.18. The molecule has 1 aromatic carbocycles. The first-order valence-electron chi connectivity index (χ1n) is 4.84. The van der Waals surface area contributed by atoms with Crippen LogP contribution in [0, 0.1) is 12.7 Å². The lowest BCUT2D eigenvalue weighted by Gasteiger charge is -2.07. The van der Waals surface area contributed by atoms with Crippen LogP contribution in [-0.2, 0) is 6.54 Å². The minimum atomic E-state index is -0.256. The highest BCUT2D eigenvalue weighted by molar-refractivity contribution is 9.10. The van der Waals surface area contributed by atoms with Crippen molar-refractivity contribution in [3.8, 4) is 0 Å². The second-order valence-corrected chi connectivity index (χ2v) is 4.31. The van der Waals surface area contributed by atoms with Crippen LogP contribution in [0.1, 0.15) is 11.4 Å². The zero-order valence-electron chi connectivity index (χ0n) is 8.72. The zero-order valence-corrected chi connectivity index (χ0v) is 10.3. The van der Waals surface area contributed by atoms with E-state index >= 15 is 0 Å². The van der Waals surface area contributed by atoms with Crippen LogP contribution < -0.4 is 5.32 Å². The van der Waals surface area contributed by atoms with Crippen molar-refractivity contribution in [1.29, 1.82) is 0 Å². The van der Waals surface area contributed by atoms with E-state index in [1.54, 1.807) is 12.4 Å². The third kappa shape index (κ3) is 2.41. The van der Waals surface area contributed by atoms with Crippen molar-refractivity contribution in [2.45, 2.75) is 13.5 Å². The average Bonchev–Trinajstić information content (AvgIpc) is 2.63. The number of hydrogen-bond donors (Lipinski definition) is 2. The lowest BCUT2D eigenvalue weighted by atomic mass is 10.3. The van der Waals surface area contributed by atoms with Gasteiger partial charge in [0.05, 0.1) is 18.6 Å². The number of H-pyrrole nitrogens is 1. The van der Waals surface area contributed by atoms with Gasteiger partial charge in [-0.1, -0.05) is 0 Å². The number of benzene rings is 1. The van der Waals surface area contributed by atoms with Crippen LogP contribution in [-0.4, -0.2) is 9.97 Å². The van der Waals surface area contributed by atoms with E-state index in [4.69, 9.17) is 0 Å². The smallest absolute Gasteiger partial charge is 0.124 e. The molecule has 84 valence electrons. The van der Waals surface area contributed by atoms with Gasteiger partial charge in [0, 0.05) is 15.9 Å². The average molecular weight is 284 g/mol. The second kappa shape index (κ2) is 4.65. The zero-order chi connectivity index (χ0) is 11.5. The fourth-order valence-electron chi connectivity index (χ4n) is 1.38. The third-order valence-corrected chi connectivity index (χ3v) is 2.97. The number of rotatable bonds is 3. The predicted molar refractivity (Wildman–Crippen MR) is 64.8 cm³/mol. The Morgan fingerprint density at radius 2 is 2.31 bits per heavy atom. The highest BCUT2D eigenvalue weighted by Crippen LogP contribution is 2.23. The molecule has 0 unspecified atom stereocenters. The molecule has 5 heteroatoms. The molecule has 0 saturated heterocycles. The van der Waals surface area contributed by atoms with Gasteiger partial charge in [-0.3, -0.25) is 0 Å². The van der Waals surface area contributed by atoms with Crippen molar-refractivity contribution in [2.24, 2.45) is 0 Å². The molecule has 1 heterocycles. The van der Waals surface area contributed by atoms with E-state index in [0.717, 1.165) is 17.1 Å². The summed E-state index contributed by atoms with van der Waals surface area (Å²) in [6, 6.07) is 4.55. The molecule has 3 nitrogen and oxygen atoms in total. The molecule has 0 aliphatic rings. The van der Waals surface area contributed by atoms with Gasteiger partial charge in [0.25, 0.3) is 0 Å². The van der Waals surface area contributed by atoms with E-state index in [-0.39, 0.29) is 5.82 Å². The standard InChI is InChI=1S/C11H11BrFN3/c1-7-11(16-6-15-7)5-14-10-3-2-8(13)4-9(10)12/h2-4,6,14H,5H2,1H3,(H,15,16). The van der Waals surface area contributed by atoms with Gasteiger partial charge in [-0.15, -0.1) is 0 Å². The highest BCUT2D eigenvalue weighted by atomic mass is 79.9. The van der Waals surface area contributed by atoms with Crippen LogP contribution in [0.2, 0.25) is 0 Å². The van der Waals surface area contributed by atoms with Crippen molar-refractivity contribution in [2.75, 3.05) is 5.32 Å². The topological polar surface area (TPSA) is 40.7 Å². The Morgan fingerprint density at radius 1 is 1.50 bits per heavy atom. The maximum atomic E-state index is 12.9. The number of nitrogens with zero attached hydrogens (tertiary/aromatic N) is 1. The largest absolute Gasteiger partial charge is 0.378 e. The predicted octanol–water partition coefficient (Wildman–Crippen LogP) is 3.23. The Hall–Kier alpha value is -1.36. The first-order valence-corrected chi connectivity index (χ1v) is 5.64. The number of aromatic nitrogens is 2. The maximum absolute atomic E-state index is 12.9. The molecule has 0 amide bonds. The van der Waals surface area contributed by atoms with Crippen LogP contribution in [0.5, 0.6) is 0 Å². The Labute approximate surface area is 101 Å². The van der Waals surface area contributed by atoms with Gasteiger partial charge < -0.3 is 10.3 Å². The van der Waals surface area contributed by atoms with E-state index in [1.165, 1.54) is 12.1 Å². The van der Waals surface area contributed by atoms with E-state index in [0.29, 0.717) is 11.0 Å². The summed E-state index contributed by atoms with van der Waals surface area (Å²) in [5.41, 5.74) is 2.84. The highest BCUT2D eigenvalue weighted by Gasteiger charge is 2.03. The monoisotopic (exact) mass is 283 g/mol. The summed E-state index contributed by atoms with van der Waals surface area (Å²) >= 11 is 3.30. The van der Waals surface area contributed by atoms with Gasteiger partial charge in [-0.25, -0.2) is 9.37 Å². The maximum Gasteiger partial charge on any atom is 0.124 e. The summed E-state index contributed by atoms with van der Waals surface area (Å²) in [7, 11) is 0. The van der Waals surface area contributed by atoms with E-state index in [9.17, 15) is 4.39 Å². The SMILES string of the molecule is Cc1[nH]cnc1CNc1ccc(F)cc1Br. The van der Waals surface area contributed by atoms with Crippen molar-refractivity contribution < 1.29 is 4.39 Å². The van der Waals surface area contributed by atoms with Gasteiger partial charge in [0.2, 0.25) is 0 Å². The summed E-state index contributed by atoms with van der Waals surface area (Å²) in [6.07, 6.45) is 1.66. The third-order valence-electron chi connectivity index (χ3n) is 2.31. The minimum absolute atomic E-state index is 0.256. The molecule has 2 N–H and O–H groups in total. The van der Waals surface area contributed by atoms with Gasteiger partial charge >= 0.3 is 0 Å². The second-order valence-electron chi connectivity index (χ2n) is 3.45. The molecule has 0 spiro atoms. The Kier molecular flexibility index (Phi) is 3.24. The first kappa shape index (κ1) is 11.1. The molecule has 16 heavy (non-hydrogen) atoms. The van der Waals surface area contributed by atoms with Gasteiger partial charge in [0.15, 0.2) is 0 Å². The van der Waals surface area contributed by atoms with Crippen molar-refractivity contribution >= 4 is 21.6 Å². The lowest BCUT2D eigenvalue weighted by Crippen LogP contribution is -2.02. The number of imidazole rings is 1. The molecule has 0 radical (unpaired) electrons. The fourth-order valence-corrected chi connectivity index (χ4v) is 1.87. The van der Waals surface area contributed by atoms with Crippen LogP contribution in [0.15, 0.2) is 29.0 Å². The summed E-state index contributed by atoms with van der Waals surface area (Å²) in [5.74, 6) is -0.256. The molecule has 0 aliphatic carbocycles. The van der Waals surface area contributed by atoms with Crippen LogP contribution in [0.25, 0.3) is 0 Å². The molecule has 1 aromatic heterocycles. The quantitative estimate of drug-likeness (QED) is 0.908. The molecular weight excluding hydrogens is 273 g/mol. The Balaban J connectivity index is 2.08. The van der Waals surface area contributed by atoms with Crippen LogP contribution in [0.4, 0.5) is 10.1 Å². The van der Waals surface area contributed by atoms with E-state index in [1.807, 2.05) is 6.92 Å². The lowest BCUT2D eigenvalue weighted by molar-refractivity contribution is 0.627. The number of hydrogen-bond acceptors (Lipinski definition) is 2.